The third-order valence-electron chi connectivity index (χ3n) is 5.33. The summed E-state index contributed by atoms with van der Waals surface area (Å²) in [4.78, 5) is 14.9. The minimum absolute atomic E-state index is 0.0720. The maximum absolute atomic E-state index is 14.3. The van der Waals surface area contributed by atoms with Crippen molar-refractivity contribution in [1.29, 1.82) is 0 Å². The SMILES string of the molecule is COc1ccc(F)c(-c2ccc3c(c2)C(=O)NCC2CN(C)CC32)c1. The number of hydrogen-bond acceptors (Lipinski definition) is 3. The van der Waals surface area contributed by atoms with Crippen LogP contribution >= 0.6 is 0 Å². The Hall–Kier alpha value is -2.40. The van der Waals surface area contributed by atoms with Gasteiger partial charge in [-0.2, -0.15) is 0 Å². The number of carbonyl (C=O) groups excluding carboxylic acids is 1. The summed E-state index contributed by atoms with van der Waals surface area (Å²) in [5.41, 5.74) is 2.85. The molecule has 0 aromatic heterocycles. The van der Waals surface area contributed by atoms with Crippen LogP contribution in [0.15, 0.2) is 36.4 Å². The molecule has 4 rings (SSSR count). The largest absolute Gasteiger partial charge is 0.497 e. The van der Waals surface area contributed by atoms with E-state index in [0.29, 0.717) is 40.8 Å². The molecule has 2 aliphatic heterocycles. The molecule has 2 heterocycles. The summed E-state index contributed by atoms with van der Waals surface area (Å²) >= 11 is 0. The average molecular weight is 340 g/mol. The predicted octanol–water partition coefficient (Wildman–Crippen LogP) is 2.89. The number of fused-ring (bicyclic) bond motifs is 3. The Morgan fingerprint density at radius 1 is 1.16 bits per heavy atom. The Kier molecular flexibility index (Phi) is 3.96. The molecule has 0 saturated carbocycles. The number of nitrogens with zero attached hydrogens (tertiary/aromatic N) is 1. The van der Waals surface area contributed by atoms with Crippen LogP contribution in [-0.2, 0) is 0 Å². The third kappa shape index (κ3) is 2.78. The number of carbonyl (C=O) groups is 1. The highest BCUT2D eigenvalue weighted by atomic mass is 19.1. The van der Waals surface area contributed by atoms with Crippen LogP contribution in [0.3, 0.4) is 0 Å². The molecule has 4 nitrogen and oxygen atoms in total. The van der Waals surface area contributed by atoms with Gasteiger partial charge < -0.3 is 15.0 Å². The van der Waals surface area contributed by atoms with E-state index in [0.717, 1.165) is 18.7 Å². The second-order valence-electron chi connectivity index (χ2n) is 6.95. The molecule has 130 valence electrons. The number of hydrogen-bond donors (Lipinski definition) is 1. The standard InChI is InChI=1S/C20H21FN2O2/c1-23-10-13-9-22-20(24)17-7-12(3-5-15(17)18(13)11-23)16-8-14(25-2)4-6-19(16)21/h3-8,13,18H,9-11H2,1-2H3,(H,22,24). The van der Waals surface area contributed by atoms with Gasteiger partial charge in [-0.15, -0.1) is 0 Å². The van der Waals surface area contributed by atoms with E-state index >= 15 is 0 Å². The first kappa shape index (κ1) is 16.1. The number of methoxy groups -OCH3 is 1. The molecule has 0 radical (unpaired) electrons. The van der Waals surface area contributed by atoms with Crippen LogP contribution in [0, 0.1) is 11.7 Å². The van der Waals surface area contributed by atoms with Crippen molar-refractivity contribution in [2.75, 3.05) is 33.8 Å². The lowest BCUT2D eigenvalue weighted by Gasteiger charge is -2.17. The molecule has 1 saturated heterocycles. The third-order valence-corrected chi connectivity index (χ3v) is 5.33. The summed E-state index contributed by atoms with van der Waals surface area (Å²) in [7, 11) is 3.66. The van der Waals surface area contributed by atoms with E-state index in [1.165, 1.54) is 6.07 Å². The number of benzene rings is 2. The van der Waals surface area contributed by atoms with E-state index in [2.05, 4.69) is 17.3 Å². The normalized spacial score (nSPS) is 22.8. The highest BCUT2D eigenvalue weighted by molar-refractivity contribution is 5.97. The van der Waals surface area contributed by atoms with E-state index in [4.69, 9.17) is 4.74 Å². The van der Waals surface area contributed by atoms with Crippen molar-refractivity contribution in [2.45, 2.75) is 5.92 Å². The molecule has 0 bridgehead atoms. The highest BCUT2D eigenvalue weighted by Crippen LogP contribution is 2.37. The number of amides is 1. The van der Waals surface area contributed by atoms with Crippen molar-refractivity contribution >= 4 is 5.91 Å². The van der Waals surface area contributed by atoms with Gasteiger partial charge in [-0.3, -0.25) is 4.79 Å². The fourth-order valence-corrected chi connectivity index (χ4v) is 4.06. The number of likely N-dealkylation sites (N-methyl/N-ethyl adjacent to an activating group) is 1. The summed E-state index contributed by atoms with van der Waals surface area (Å²) in [6, 6.07) is 10.4. The van der Waals surface area contributed by atoms with Crippen molar-refractivity contribution in [3.05, 3.63) is 53.3 Å². The van der Waals surface area contributed by atoms with Crippen LogP contribution in [-0.4, -0.2) is 44.6 Å². The van der Waals surface area contributed by atoms with Crippen LogP contribution in [0.25, 0.3) is 11.1 Å². The van der Waals surface area contributed by atoms with Crippen molar-refractivity contribution in [3.63, 3.8) is 0 Å². The Morgan fingerprint density at radius 2 is 2.00 bits per heavy atom. The van der Waals surface area contributed by atoms with Gasteiger partial charge in [-0.05, 0) is 48.4 Å². The molecular formula is C20H21FN2O2. The zero-order valence-corrected chi connectivity index (χ0v) is 14.4. The van der Waals surface area contributed by atoms with Gasteiger partial charge in [0.25, 0.3) is 5.91 Å². The Balaban J connectivity index is 1.81. The van der Waals surface area contributed by atoms with Crippen LogP contribution < -0.4 is 10.1 Å². The molecule has 5 heteroatoms. The van der Waals surface area contributed by atoms with Crippen LogP contribution in [0.5, 0.6) is 5.75 Å². The van der Waals surface area contributed by atoms with Crippen molar-refractivity contribution < 1.29 is 13.9 Å². The van der Waals surface area contributed by atoms with Crippen molar-refractivity contribution in [3.8, 4) is 16.9 Å². The van der Waals surface area contributed by atoms with E-state index < -0.39 is 0 Å². The molecule has 2 aromatic carbocycles. The maximum Gasteiger partial charge on any atom is 0.251 e. The van der Waals surface area contributed by atoms with Crippen LogP contribution in [0.4, 0.5) is 4.39 Å². The molecule has 2 aromatic rings. The van der Waals surface area contributed by atoms with Gasteiger partial charge in [0, 0.05) is 36.7 Å². The average Bonchev–Trinajstić information content (AvgIpc) is 2.94. The molecule has 2 aliphatic rings. The Morgan fingerprint density at radius 3 is 2.80 bits per heavy atom. The predicted molar refractivity (Wildman–Crippen MR) is 94.4 cm³/mol. The van der Waals surface area contributed by atoms with Gasteiger partial charge in [0.15, 0.2) is 0 Å². The molecule has 0 spiro atoms. The molecule has 0 aliphatic carbocycles. The van der Waals surface area contributed by atoms with Gasteiger partial charge in [0.2, 0.25) is 0 Å². The van der Waals surface area contributed by atoms with Gasteiger partial charge in [-0.25, -0.2) is 4.39 Å². The molecule has 2 unspecified atom stereocenters. The topological polar surface area (TPSA) is 41.6 Å². The van der Waals surface area contributed by atoms with Gasteiger partial charge in [0.1, 0.15) is 11.6 Å². The Bertz CT molecular complexity index is 836. The lowest BCUT2D eigenvalue weighted by atomic mass is 9.86. The van der Waals surface area contributed by atoms with Crippen LogP contribution in [0.2, 0.25) is 0 Å². The smallest absolute Gasteiger partial charge is 0.251 e. The van der Waals surface area contributed by atoms with Gasteiger partial charge in [-0.1, -0.05) is 12.1 Å². The second kappa shape index (κ2) is 6.15. The first-order valence-corrected chi connectivity index (χ1v) is 8.51. The summed E-state index contributed by atoms with van der Waals surface area (Å²) < 4.78 is 19.5. The first-order chi connectivity index (χ1) is 12.1. The van der Waals surface area contributed by atoms with E-state index in [-0.39, 0.29) is 11.7 Å². The minimum atomic E-state index is -0.326. The molecular weight excluding hydrogens is 319 g/mol. The molecule has 1 amide bonds. The summed E-state index contributed by atoms with van der Waals surface area (Å²) in [6.07, 6.45) is 0. The molecule has 1 N–H and O–H groups in total. The highest BCUT2D eigenvalue weighted by Gasteiger charge is 2.36. The summed E-state index contributed by atoms with van der Waals surface area (Å²) in [5.74, 6) is 0.955. The summed E-state index contributed by atoms with van der Waals surface area (Å²) in [6.45, 7) is 2.61. The Labute approximate surface area is 146 Å². The second-order valence-corrected chi connectivity index (χ2v) is 6.95. The summed E-state index contributed by atoms with van der Waals surface area (Å²) in [5, 5.41) is 3.02. The quantitative estimate of drug-likeness (QED) is 0.914. The molecule has 2 atom stereocenters. The van der Waals surface area contributed by atoms with Gasteiger partial charge in [0.05, 0.1) is 7.11 Å². The number of rotatable bonds is 2. The minimum Gasteiger partial charge on any atom is -0.497 e. The number of nitrogens with one attached hydrogen (secondary N) is 1. The lowest BCUT2D eigenvalue weighted by Crippen LogP contribution is -2.29. The van der Waals surface area contributed by atoms with E-state index in [1.54, 1.807) is 19.2 Å². The molecule has 1 fully saturated rings. The fourth-order valence-electron chi connectivity index (χ4n) is 4.06. The molecule has 25 heavy (non-hydrogen) atoms. The zero-order chi connectivity index (χ0) is 17.6. The number of likely N-dealkylation sites (tertiary alicyclic amines) is 1. The van der Waals surface area contributed by atoms with E-state index in [1.807, 2.05) is 18.2 Å². The van der Waals surface area contributed by atoms with Crippen molar-refractivity contribution in [1.82, 2.24) is 10.2 Å². The maximum atomic E-state index is 14.3. The zero-order valence-electron chi connectivity index (χ0n) is 14.4. The fraction of sp³-hybridized carbons (Fsp3) is 0.350. The number of ether oxygens (including phenoxy) is 1. The van der Waals surface area contributed by atoms with E-state index in [9.17, 15) is 9.18 Å². The monoisotopic (exact) mass is 340 g/mol. The lowest BCUT2D eigenvalue weighted by molar-refractivity contribution is 0.0951. The van der Waals surface area contributed by atoms with Crippen molar-refractivity contribution in [2.24, 2.45) is 5.92 Å². The number of halogens is 1. The van der Waals surface area contributed by atoms with Crippen LogP contribution in [0.1, 0.15) is 21.8 Å². The first-order valence-electron chi connectivity index (χ1n) is 8.51. The van der Waals surface area contributed by atoms with Gasteiger partial charge >= 0.3 is 0 Å².